The number of anilines is 1. The minimum absolute atomic E-state index is 0.0631. The first-order chi connectivity index (χ1) is 13.9. The first-order valence-electron chi connectivity index (χ1n) is 10.2. The van der Waals surface area contributed by atoms with Gasteiger partial charge in [0, 0.05) is 5.02 Å². The molecular weight excluding hydrogens is 384 g/mol. The topological polar surface area (TPSA) is 62.1 Å². The van der Waals surface area contributed by atoms with Gasteiger partial charge in [-0.05, 0) is 54.7 Å². The number of hydrogen-bond acceptors (Lipinski definition) is 3. The van der Waals surface area contributed by atoms with Crippen molar-refractivity contribution in [2.24, 2.45) is 5.92 Å². The largest absolute Gasteiger partial charge is 0.493 e. The van der Waals surface area contributed by atoms with Gasteiger partial charge in [0.2, 0.25) is 5.91 Å². The SMILES string of the molecule is CC(C)COc1ccc(NC(=O)C2(c3ccc(Cl)cc3)CCCCC2)c(C#N)c1. The van der Waals surface area contributed by atoms with Crippen molar-refractivity contribution in [3.63, 3.8) is 0 Å². The molecule has 0 radical (unpaired) electrons. The van der Waals surface area contributed by atoms with Crippen molar-refractivity contribution in [1.82, 2.24) is 0 Å². The van der Waals surface area contributed by atoms with Crippen molar-refractivity contribution in [2.75, 3.05) is 11.9 Å². The summed E-state index contributed by atoms with van der Waals surface area (Å²) >= 11 is 6.06. The molecule has 29 heavy (non-hydrogen) atoms. The molecule has 0 atom stereocenters. The van der Waals surface area contributed by atoms with Crippen LogP contribution in [0.25, 0.3) is 0 Å². The molecule has 0 bridgehead atoms. The molecule has 0 saturated heterocycles. The Labute approximate surface area is 177 Å². The fourth-order valence-corrected chi connectivity index (χ4v) is 4.02. The molecule has 152 valence electrons. The highest BCUT2D eigenvalue weighted by molar-refractivity contribution is 6.30. The van der Waals surface area contributed by atoms with Gasteiger partial charge in [-0.25, -0.2) is 0 Å². The van der Waals surface area contributed by atoms with Crippen molar-refractivity contribution < 1.29 is 9.53 Å². The van der Waals surface area contributed by atoms with Gasteiger partial charge in [0.1, 0.15) is 11.8 Å². The van der Waals surface area contributed by atoms with E-state index in [1.165, 1.54) is 0 Å². The number of carbonyl (C=O) groups is 1. The lowest BCUT2D eigenvalue weighted by Gasteiger charge is -2.36. The molecule has 1 aliphatic rings. The standard InChI is InChI=1S/C24H27ClN2O2/c1-17(2)16-29-21-10-11-22(18(14-21)15-26)27-23(28)24(12-4-3-5-13-24)19-6-8-20(25)9-7-19/h6-11,14,17H,3-5,12-13,16H2,1-2H3,(H,27,28). The molecular formula is C24H27ClN2O2. The lowest BCUT2D eigenvalue weighted by atomic mass is 9.68. The van der Waals surface area contributed by atoms with E-state index in [-0.39, 0.29) is 5.91 Å². The van der Waals surface area contributed by atoms with Gasteiger partial charge < -0.3 is 10.1 Å². The predicted molar refractivity (Wildman–Crippen MR) is 116 cm³/mol. The zero-order valence-electron chi connectivity index (χ0n) is 17.0. The third-order valence-corrected chi connectivity index (χ3v) is 5.73. The van der Waals surface area contributed by atoms with Gasteiger partial charge in [-0.15, -0.1) is 0 Å². The van der Waals surface area contributed by atoms with Gasteiger partial charge >= 0.3 is 0 Å². The number of hydrogen-bond donors (Lipinski definition) is 1. The molecule has 1 amide bonds. The number of carbonyl (C=O) groups excluding carboxylic acids is 1. The fourth-order valence-electron chi connectivity index (χ4n) is 3.89. The number of halogens is 1. The second-order valence-corrected chi connectivity index (χ2v) is 8.56. The smallest absolute Gasteiger partial charge is 0.235 e. The number of benzene rings is 2. The van der Waals surface area contributed by atoms with Crippen LogP contribution in [-0.2, 0) is 10.2 Å². The molecule has 1 fully saturated rings. The summed E-state index contributed by atoms with van der Waals surface area (Å²) in [5, 5.41) is 13.3. The van der Waals surface area contributed by atoms with Crippen molar-refractivity contribution in [3.05, 3.63) is 58.6 Å². The molecule has 0 spiro atoms. The fraction of sp³-hybridized carbons (Fsp3) is 0.417. The Hall–Kier alpha value is -2.51. The molecule has 2 aromatic carbocycles. The maximum atomic E-state index is 13.5. The van der Waals surface area contributed by atoms with E-state index in [2.05, 4.69) is 25.2 Å². The van der Waals surface area contributed by atoms with E-state index in [1.54, 1.807) is 18.2 Å². The Morgan fingerprint density at radius 1 is 1.17 bits per heavy atom. The van der Waals surface area contributed by atoms with Gasteiger partial charge in [-0.3, -0.25) is 4.79 Å². The Balaban J connectivity index is 1.86. The van der Waals surface area contributed by atoms with Gasteiger partial charge in [0.05, 0.1) is 23.3 Å². The number of nitrogens with zero attached hydrogens (tertiary/aromatic N) is 1. The van der Waals surface area contributed by atoms with Gasteiger partial charge in [-0.2, -0.15) is 5.26 Å². The molecule has 0 heterocycles. The number of nitriles is 1. The third-order valence-electron chi connectivity index (χ3n) is 5.48. The lowest BCUT2D eigenvalue weighted by Crippen LogP contribution is -2.42. The molecule has 0 unspecified atom stereocenters. The summed E-state index contributed by atoms with van der Waals surface area (Å²) in [5.74, 6) is 0.968. The van der Waals surface area contributed by atoms with E-state index in [9.17, 15) is 10.1 Å². The van der Waals surface area contributed by atoms with Crippen LogP contribution in [-0.4, -0.2) is 12.5 Å². The second kappa shape index (κ2) is 9.33. The molecule has 0 aromatic heterocycles. The zero-order valence-corrected chi connectivity index (χ0v) is 17.8. The minimum Gasteiger partial charge on any atom is -0.493 e. The Morgan fingerprint density at radius 2 is 1.86 bits per heavy atom. The van der Waals surface area contributed by atoms with Crippen LogP contribution >= 0.6 is 11.6 Å². The van der Waals surface area contributed by atoms with E-state index in [4.69, 9.17) is 16.3 Å². The first kappa shape index (κ1) is 21.2. The molecule has 1 N–H and O–H groups in total. The van der Waals surface area contributed by atoms with E-state index < -0.39 is 5.41 Å². The highest BCUT2D eigenvalue weighted by Crippen LogP contribution is 2.41. The normalized spacial score (nSPS) is 15.6. The molecule has 3 rings (SSSR count). The molecule has 0 aliphatic heterocycles. The van der Waals surface area contributed by atoms with Crippen molar-refractivity contribution in [1.29, 1.82) is 5.26 Å². The molecule has 2 aromatic rings. The van der Waals surface area contributed by atoms with Gasteiger partial charge in [0.15, 0.2) is 0 Å². The molecule has 5 heteroatoms. The first-order valence-corrected chi connectivity index (χ1v) is 10.6. The van der Waals surface area contributed by atoms with Crippen LogP contribution in [0.1, 0.15) is 57.1 Å². The number of rotatable bonds is 6. The number of ether oxygens (including phenoxy) is 1. The number of nitrogens with one attached hydrogen (secondary N) is 1. The monoisotopic (exact) mass is 410 g/mol. The molecule has 4 nitrogen and oxygen atoms in total. The highest BCUT2D eigenvalue weighted by atomic mass is 35.5. The van der Waals surface area contributed by atoms with Crippen LogP contribution in [0.5, 0.6) is 5.75 Å². The Morgan fingerprint density at radius 3 is 2.48 bits per heavy atom. The Bertz CT molecular complexity index is 894. The maximum absolute atomic E-state index is 13.5. The summed E-state index contributed by atoms with van der Waals surface area (Å²) in [4.78, 5) is 13.5. The van der Waals surface area contributed by atoms with E-state index in [0.717, 1.165) is 37.7 Å². The highest BCUT2D eigenvalue weighted by Gasteiger charge is 2.41. The van der Waals surface area contributed by atoms with Gasteiger partial charge in [-0.1, -0.05) is 56.8 Å². The summed E-state index contributed by atoms with van der Waals surface area (Å²) in [5.41, 5.74) is 1.31. The third kappa shape index (κ3) is 4.92. The van der Waals surface area contributed by atoms with Gasteiger partial charge in [0.25, 0.3) is 0 Å². The summed E-state index contributed by atoms with van der Waals surface area (Å²) in [6.07, 6.45) is 4.72. The summed E-state index contributed by atoms with van der Waals surface area (Å²) in [6.45, 7) is 4.72. The minimum atomic E-state index is -0.595. The van der Waals surface area contributed by atoms with Crippen molar-refractivity contribution in [3.8, 4) is 11.8 Å². The lowest BCUT2D eigenvalue weighted by molar-refractivity contribution is -0.122. The number of amides is 1. The van der Waals surface area contributed by atoms with Crippen molar-refractivity contribution in [2.45, 2.75) is 51.4 Å². The average Bonchev–Trinajstić information content (AvgIpc) is 2.73. The molecule has 1 saturated carbocycles. The predicted octanol–water partition coefficient (Wildman–Crippen LogP) is 6.09. The quantitative estimate of drug-likeness (QED) is 0.626. The van der Waals surface area contributed by atoms with E-state index in [1.807, 2.05) is 24.3 Å². The van der Waals surface area contributed by atoms with Crippen LogP contribution < -0.4 is 10.1 Å². The van der Waals surface area contributed by atoms with Crippen LogP contribution in [0.15, 0.2) is 42.5 Å². The summed E-state index contributed by atoms with van der Waals surface area (Å²) in [6, 6.07) is 15.0. The van der Waals surface area contributed by atoms with Crippen LogP contribution in [0, 0.1) is 17.2 Å². The van der Waals surface area contributed by atoms with E-state index >= 15 is 0 Å². The van der Waals surface area contributed by atoms with Crippen LogP contribution in [0.2, 0.25) is 5.02 Å². The average molecular weight is 411 g/mol. The Kier molecular flexibility index (Phi) is 6.82. The van der Waals surface area contributed by atoms with E-state index in [0.29, 0.717) is 34.5 Å². The van der Waals surface area contributed by atoms with Crippen LogP contribution in [0.4, 0.5) is 5.69 Å². The summed E-state index contributed by atoms with van der Waals surface area (Å²) < 4.78 is 5.71. The molecule has 1 aliphatic carbocycles. The zero-order chi connectivity index (χ0) is 20.9. The second-order valence-electron chi connectivity index (χ2n) is 8.13. The maximum Gasteiger partial charge on any atom is 0.235 e. The van der Waals surface area contributed by atoms with Crippen molar-refractivity contribution >= 4 is 23.2 Å². The summed E-state index contributed by atoms with van der Waals surface area (Å²) in [7, 11) is 0. The van der Waals surface area contributed by atoms with Crippen LogP contribution in [0.3, 0.4) is 0 Å².